The van der Waals surface area contributed by atoms with Gasteiger partial charge in [-0.2, -0.15) is 10.2 Å². The Bertz CT molecular complexity index is 1340. The van der Waals surface area contributed by atoms with Crippen molar-refractivity contribution in [3.05, 3.63) is 71.9 Å². The maximum atomic E-state index is 12.5. The van der Waals surface area contributed by atoms with Crippen LogP contribution in [0.2, 0.25) is 0 Å². The number of rotatable bonds is 8. The molecule has 0 unspecified atom stereocenters. The fraction of sp³-hybridized carbons (Fsp3) is 0.136. The second-order valence-corrected chi connectivity index (χ2v) is 8.97. The molecule has 0 aliphatic carbocycles. The zero-order valence-corrected chi connectivity index (χ0v) is 19.0. The number of azo groups is 1. The van der Waals surface area contributed by atoms with Gasteiger partial charge in [0.05, 0.1) is 22.7 Å². The van der Waals surface area contributed by atoms with Gasteiger partial charge in [-0.3, -0.25) is 9.52 Å². The molecule has 0 saturated heterocycles. The Morgan fingerprint density at radius 3 is 2.29 bits per heavy atom. The highest BCUT2D eigenvalue weighted by atomic mass is 32.2. The van der Waals surface area contributed by atoms with Gasteiger partial charge in [0, 0.05) is 25.9 Å². The second kappa shape index (κ2) is 10.1. The predicted molar refractivity (Wildman–Crippen MR) is 123 cm³/mol. The van der Waals surface area contributed by atoms with Gasteiger partial charge in [-0.1, -0.05) is 6.07 Å². The third kappa shape index (κ3) is 5.92. The molecule has 3 N–H and O–H groups in total. The predicted octanol–water partition coefficient (Wildman–Crippen LogP) is 3.33. The molecule has 11 nitrogen and oxygen atoms in total. The first-order valence-electron chi connectivity index (χ1n) is 9.82. The molecule has 12 heteroatoms. The molecule has 0 spiro atoms. The third-order valence-electron chi connectivity index (χ3n) is 4.58. The molecule has 0 bridgehead atoms. The number of aromatic carboxylic acids is 1. The summed E-state index contributed by atoms with van der Waals surface area (Å²) in [4.78, 5) is 28.7. The smallest absolute Gasteiger partial charge is 0.339 e. The van der Waals surface area contributed by atoms with Crippen molar-refractivity contribution in [1.29, 1.82) is 0 Å². The number of carboxylic acid groups (broad SMARTS) is 1. The standard InChI is InChI=1S/C22H21N5O6S/c1-27(2)20(28)12-14-11-16(13-18(21(14)29)22(30)31)25-24-15-6-8-17(9-7-15)34(32,33)26-19-5-3-4-10-23-19/h3-11,13,29H,12H2,1-2H3,(H,23,26)(H,30,31). The van der Waals surface area contributed by atoms with Crippen LogP contribution in [0.5, 0.6) is 5.75 Å². The number of nitrogens with one attached hydrogen (secondary N) is 1. The summed E-state index contributed by atoms with van der Waals surface area (Å²) < 4.78 is 27.3. The Balaban J connectivity index is 1.84. The molecule has 0 aliphatic heterocycles. The van der Waals surface area contributed by atoms with E-state index in [-0.39, 0.29) is 34.3 Å². The minimum atomic E-state index is -3.86. The van der Waals surface area contributed by atoms with E-state index in [2.05, 4.69) is 19.9 Å². The van der Waals surface area contributed by atoms with Crippen LogP contribution in [0.3, 0.4) is 0 Å². The Morgan fingerprint density at radius 2 is 1.71 bits per heavy atom. The van der Waals surface area contributed by atoms with Crippen molar-refractivity contribution >= 4 is 39.1 Å². The van der Waals surface area contributed by atoms with E-state index >= 15 is 0 Å². The maximum absolute atomic E-state index is 12.5. The molecular formula is C22H21N5O6S. The highest BCUT2D eigenvalue weighted by Crippen LogP contribution is 2.31. The summed E-state index contributed by atoms with van der Waals surface area (Å²) in [7, 11) is -0.778. The van der Waals surface area contributed by atoms with Crippen molar-refractivity contribution in [1.82, 2.24) is 9.88 Å². The summed E-state index contributed by atoms with van der Waals surface area (Å²) in [5.74, 6) is -2.06. The van der Waals surface area contributed by atoms with Gasteiger partial charge < -0.3 is 15.1 Å². The Morgan fingerprint density at radius 1 is 1.03 bits per heavy atom. The van der Waals surface area contributed by atoms with Gasteiger partial charge in [-0.25, -0.2) is 18.2 Å². The average Bonchev–Trinajstić information content (AvgIpc) is 2.79. The largest absolute Gasteiger partial charge is 0.507 e. The number of anilines is 1. The van der Waals surface area contributed by atoms with Crippen LogP contribution < -0.4 is 4.72 Å². The van der Waals surface area contributed by atoms with E-state index in [1.54, 1.807) is 12.1 Å². The SMILES string of the molecule is CN(C)C(=O)Cc1cc(N=Nc2ccc(S(=O)(=O)Nc3ccccn3)cc2)cc(C(=O)O)c1O. The monoisotopic (exact) mass is 483 g/mol. The highest BCUT2D eigenvalue weighted by Gasteiger charge is 2.19. The number of aromatic nitrogens is 1. The van der Waals surface area contributed by atoms with Crippen LogP contribution in [0.15, 0.2) is 75.9 Å². The molecule has 34 heavy (non-hydrogen) atoms. The molecule has 0 atom stereocenters. The first-order valence-corrected chi connectivity index (χ1v) is 11.3. The Labute approximate surface area is 195 Å². The molecule has 0 saturated carbocycles. The molecule has 1 aromatic heterocycles. The van der Waals surface area contributed by atoms with Crippen molar-refractivity contribution < 1.29 is 28.2 Å². The Hall–Kier alpha value is -4.32. The maximum Gasteiger partial charge on any atom is 0.339 e. The zero-order chi connectivity index (χ0) is 24.9. The van der Waals surface area contributed by atoms with Gasteiger partial charge in [-0.05, 0) is 48.5 Å². The minimum Gasteiger partial charge on any atom is -0.507 e. The number of pyridine rings is 1. The number of carboxylic acids is 1. The lowest BCUT2D eigenvalue weighted by molar-refractivity contribution is -0.128. The Kier molecular flexibility index (Phi) is 7.21. The number of amides is 1. The van der Waals surface area contributed by atoms with Gasteiger partial charge in [0.25, 0.3) is 10.0 Å². The van der Waals surface area contributed by atoms with E-state index in [0.29, 0.717) is 5.69 Å². The topological polar surface area (TPSA) is 162 Å². The first-order chi connectivity index (χ1) is 16.1. The summed E-state index contributed by atoms with van der Waals surface area (Å²) >= 11 is 0. The van der Waals surface area contributed by atoms with Gasteiger partial charge in [0.15, 0.2) is 0 Å². The molecular weight excluding hydrogens is 462 g/mol. The van der Waals surface area contributed by atoms with Crippen molar-refractivity contribution in [3.8, 4) is 5.75 Å². The van der Waals surface area contributed by atoms with Crippen LogP contribution >= 0.6 is 0 Å². The number of hydrogen-bond acceptors (Lipinski definition) is 8. The molecule has 3 rings (SSSR count). The van der Waals surface area contributed by atoms with Crippen molar-refractivity contribution in [2.45, 2.75) is 11.3 Å². The van der Waals surface area contributed by atoms with Crippen LogP contribution in [0.25, 0.3) is 0 Å². The third-order valence-corrected chi connectivity index (χ3v) is 5.95. The summed E-state index contributed by atoms with van der Waals surface area (Å²) in [5, 5.41) is 27.6. The molecule has 176 valence electrons. The number of carbonyl (C=O) groups is 2. The number of sulfonamides is 1. The van der Waals surface area contributed by atoms with E-state index < -0.39 is 27.3 Å². The molecule has 0 radical (unpaired) electrons. The number of aromatic hydroxyl groups is 1. The lowest BCUT2D eigenvalue weighted by Crippen LogP contribution is -2.23. The van der Waals surface area contributed by atoms with Gasteiger partial charge in [0.1, 0.15) is 17.1 Å². The van der Waals surface area contributed by atoms with Crippen molar-refractivity contribution in [2.75, 3.05) is 18.8 Å². The summed E-state index contributed by atoms with van der Waals surface area (Å²) in [6.07, 6.45) is 1.24. The number of benzene rings is 2. The van der Waals surface area contributed by atoms with E-state index in [0.717, 1.165) is 6.07 Å². The number of phenols is 1. The zero-order valence-electron chi connectivity index (χ0n) is 18.2. The first kappa shape index (κ1) is 24.3. The number of hydrogen-bond donors (Lipinski definition) is 3. The second-order valence-electron chi connectivity index (χ2n) is 7.29. The minimum absolute atomic E-state index is 0.0145. The molecule has 1 heterocycles. The van der Waals surface area contributed by atoms with Crippen LogP contribution in [0.1, 0.15) is 15.9 Å². The normalized spacial score (nSPS) is 11.4. The van der Waals surface area contributed by atoms with E-state index in [1.165, 1.54) is 61.6 Å². The van der Waals surface area contributed by atoms with Gasteiger partial charge in [-0.15, -0.1) is 0 Å². The number of nitrogens with zero attached hydrogens (tertiary/aromatic N) is 4. The molecule has 0 aliphatic rings. The van der Waals surface area contributed by atoms with Crippen LogP contribution in [-0.2, 0) is 21.2 Å². The average molecular weight is 484 g/mol. The van der Waals surface area contributed by atoms with Crippen molar-refractivity contribution in [2.24, 2.45) is 10.2 Å². The number of carbonyl (C=O) groups excluding carboxylic acids is 1. The van der Waals surface area contributed by atoms with E-state index in [1.807, 2.05) is 0 Å². The molecule has 2 aromatic carbocycles. The van der Waals surface area contributed by atoms with Crippen LogP contribution in [0, 0.1) is 0 Å². The lowest BCUT2D eigenvalue weighted by atomic mass is 10.0. The van der Waals surface area contributed by atoms with Gasteiger partial charge in [0.2, 0.25) is 5.91 Å². The lowest BCUT2D eigenvalue weighted by Gasteiger charge is -2.12. The summed E-state index contributed by atoms with van der Waals surface area (Å²) in [6, 6.07) is 12.8. The van der Waals surface area contributed by atoms with E-state index in [4.69, 9.17) is 0 Å². The summed E-state index contributed by atoms with van der Waals surface area (Å²) in [5.41, 5.74) is 0.0764. The van der Waals surface area contributed by atoms with Crippen LogP contribution in [0.4, 0.5) is 17.2 Å². The summed E-state index contributed by atoms with van der Waals surface area (Å²) in [6.45, 7) is 0. The van der Waals surface area contributed by atoms with Crippen LogP contribution in [-0.4, -0.2) is 54.5 Å². The molecule has 1 amide bonds. The van der Waals surface area contributed by atoms with Crippen molar-refractivity contribution in [3.63, 3.8) is 0 Å². The fourth-order valence-corrected chi connectivity index (χ4v) is 3.79. The number of likely N-dealkylation sites (N-methyl/N-ethyl adjacent to an activating group) is 1. The highest BCUT2D eigenvalue weighted by molar-refractivity contribution is 7.92. The van der Waals surface area contributed by atoms with Gasteiger partial charge >= 0.3 is 5.97 Å². The quantitative estimate of drug-likeness (QED) is 0.414. The molecule has 0 fully saturated rings. The molecule has 3 aromatic rings. The fourth-order valence-electron chi connectivity index (χ4n) is 2.78. The van der Waals surface area contributed by atoms with E-state index in [9.17, 15) is 28.2 Å².